The van der Waals surface area contributed by atoms with Crippen molar-refractivity contribution in [2.75, 3.05) is 6.61 Å². The zero-order valence-electron chi connectivity index (χ0n) is 8.98. The van der Waals surface area contributed by atoms with E-state index in [0.717, 1.165) is 18.4 Å². The van der Waals surface area contributed by atoms with Gasteiger partial charge in [-0.05, 0) is 18.4 Å². The number of nitrogens with one attached hydrogen (secondary N) is 1. The third kappa shape index (κ3) is 2.14. The molecule has 0 saturated heterocycles. The lowest BCUT2D eigenvalue weighted by atomic mass is 10.0. The minimum absolute atomic E-state index is 0.159. The molecule has 3 nitrogen and oxygen atoms in total. The van der Waals surface area contributed by atoms with Gasteiger partial charge in [0.25, 0.3) is 0 Å². The molecule has 0 bridgehead atoms. The Morgan fingerprint density at radius 2 is 1.88 bits per heavy atom. The van der Waals surface area contributed by atoms with E-state index in [4.69, 9.17) is 5.41 Å². The maximum atomic E-state index is 9.86. The van der Waals surface area contributed by atoms with Gasteiger partial charge in [-0.1, -0.05) is 30.3 Å². The van der Waals surface area contributed by atoms with Crippen LogP contribution in [0, 0.1) is 11.3 Å². The number of benzene rings is 1. The summed E-state index contributed by atoms with van der Waals surface area (Å²) in [5.74, 6) is 0.350. The molecule has 0 aromatic heterocycles. The van der Waals surface area contributed by atoms with Gasteiger partial charge in [-0.15, -0.1) is 0 Å². The largest absolute Gasteiger partial charge is 0.512 e. The smallest absolute Gasteiger partial charge is 0.103 e. The summed E-state index contributed by atoms with van der Waals surface area (Å²) >= 11 is 0. The molecule has 1 aliphatic rings. The number of rotatable bonds is 4. The lowest BCUT2D eigenvalue weighted by molar-refractivity contribution is 0.314. The molecule has 3 N–H and O–H groups in total. The molecule has 0 heterocycles. The maximum absolute atomic E-state index is 9.86. The van der Waals surface area contributed by atoms with Gasteiger partial charge >= 0.3 is 0 Å². The van der Waals surface area contributed by atoms with Crippen molar-refractivity contribution in [1.82, 2.24) is 0 Å². The third-order valence-electron chi connectivity index (χ3n) is 2.80. The number of allylic oxidation sites excluding steroid dienone is 1. The second-order valence-corrected chi connectivity index (χ2v) is 4.04. The summed E-state index contributed by atoms with van der Waals surface area (Å²) < 4.78 is 0. The number of aliphatic hydroxyl groups is 2. The maximum Gasteiger partial charge on any atom is 0.103 e. The molecular weight excluding hydrogens is 202 g/mol. The van der Waals surface area contributed by atoms with Crippen molar-refractivity contribution >= 4 is 5.71 Å². The summed E-state index contributed by atoms with van der Waals surface area (Å²) in [5.41, 5.74) is 1.29. The predicted molar refractivity (Wildman–Crippen MR) is 62.7 cm³/mol. The van der Waals surface area contributed by atoms with E-state index in [9.17, 15) is 10.2 Å². The van der Waals surface area contributed by atoms with E-state index in [1.807, 2.05) is 18.2 Å². The first kappa shape index (κ1) is 10.9. The van der Waals surface area contributed by atoms with Gasteiger partial charge in [0.15, 0.2) is 0 Å². The highest BCUT2D eigenvalue weighted by Crippen LogP contribution is 2.36. The topological polar surface area (TPSA) is 64.3 Å². The summed E-state index contributed by atoms with van der Waals surface area (Å²) in [6, 6.07) is 9.16. The van der Waals surface area contributed by atoms with Gasteiger partial charge in [-0.25, -0.2) is 0 Å². The molecule has 0 atom stereocenters. The second-order valence-electron chi connectivity index (χ2n) is 4.04. The zero-order valence-corrected chi connectivity index (χ0v) is 8.98. The van der Waals surface area contributed by atoms with E-state index in [1.165, 1.54) is 0 Å². The molecule has 84 valence electrons. The van der Waals surface area contributed by atoms with E-state index < -0.39 is 0 Å². The summed E-state index contributed by atoms with van der Waals surface area (Å²) in [6.45, 7) is -0.282. The van der Waals surface area contributed by atoms with Crippen molar-refractivity contribution in [3.8, 4) is 0 Å². The molecular formula is C13H15NO2. The summed E-state index contributed by atoms with van der Waals surface area (Å²) in [4.78, 5) is 0. The Morgan fingerprint density at radius 3 is 2.38 bits per heavy atom. The highest BCUT2D eigenvalue weighted by molar-refractivity contribution is 6.11. The average Bonchev–Trinajstić information content (AvgIpc) is 3.14. The van der Waals surface area contributed by atoms with Crippen LogP contribution >= 0.6 is 0 Å². The summed E-state index contributed by atoms with van der Waals surface area (Å²) in [5, 5.41) is 27.1. The molecule has 0 radical (unpaired) electrons. The van der Waals surface area contributed by atoms with Gasteiger partial charge in [-0.2, -0.15) is 0 Å². The van der Waals surface area contributed by atoms with E-state index in [1.54, 1.807) is 12.1 Å². The number of hydrogen-bond acceptors (Lipinski definition) is 3. The van der Waals surface area contributed by atoms with Crippen molar-refractivity contribution in [2.24, 2.45) is 5.92 Å². The first-order valence-corrected chi connectivity index (χ1v) is 5.41. The Kier molecular flexibility index (Phi) is 3.06. The van der Waals surface area contributed by atoms with Crippen LogP contribution in [0.4, 0.5) is 0 Å². The summed E-state index contributed by atoms with van der Waals surface area (Å²) in [7, 11) is 0. The fourth-order valence-corrected chi connectivity index (χ4v) is 1.67. The van der Waals surface area contributed by atoms with Crippen LogP contribution in [0.15, 0.2) is 41.7 Å². The highest BCUT2D eigenvalue weighted by Gasteiger charge is 2.29. The fraction of sp³-hybridized carbons (Fsp3) is 0.308. The molecule has 0 spiro atoms. The monoisotopic (exact) mass is 217 g/mol. The molecule has 3 heteroatoms. The van der Waals surface area contributed by atoms with Crippen molar-refractivity contribution in [1.29, 1.82) is 5.41 Å². The third-order valence-corrected chi connectivity index (χ3v) is 2.80. The Balaban J connectivity index is 2.29. The van der Waals surface area contributed by atoms with Gasteiger partial charge in [0.2, 0.25) is 0 Å². The normalized spacial score (nSPS) is 16.8. The van der Waals surface area contributed by atoms with Crippen LogP contribution in [0.2, 0.25) is 0 Å². The van der Waals surface area contributed by atoms with E-state index in [2.05, 4.69) is 0 Å². The molecule has 1 aromatic rings. The molecule has 2 rings (SSSR count). The van der Waals surface area contributed by atoms with Crippen LogP contribution in [-0.4, -0.2) is 22.5 Å². The Labute approximate surface area is 94.6 Å². The van der Waals surface area contributed by atoms with E-state index in [0.29, 0.717) is 5.57 Å². The van der Waals surface area contributed by atoms with Crippen molar-refractivity contribution in [3.63, 3.8) is 0 Å². The van der Waals surface area contributed by atoms with E-state index >= 15 is 0 Å². The molecule has 16 heavy (non-hydrogen) atoms. The lowest BCUT2D eigenvalue weighted by Gasteiger charge is -2.09. The number of aliphatic hydroxyl groups excluding tert-OH is 2. The van der Waals surface area contributed by atoms with Crippen LogP contribution in [-0.2, 0) is 0 Å². The molecule has 1 fully saturated rings. The average molecular weight is 217 g/mol. The van der Waals surface area contributed by atoms with Crippen LogP contribution in [0.25, 0.3) is 0 Å². The van der Waals surface area contributed by atoms with Crippen molar-refractivity contribution in [2.45, 2.75) is 12.8 Å². The van der Waals surface area contributed by atoms with Gasteiger partial charge < -0.3 is 10.2 Å². The lowest BCUT2D eigenvalue weighted by Crippen LogP contribution is -2.11. The summed E-state index contributed by atoms with van der Waals surface area (Å²) in [6.07, 6.45) is 1.91. The molecule has 0 unspecified atom stereocenters. The van der Waals surface area contributed by atoms with Crippen LogP contribution < -0.4 is 0 Å². The molecule has 0 amide bonds. The minimum atomic E-state index is -0.282. The SMILES string of the molecule is N=C(/C(CO)=C(\O)C1CC1)c1ccccc1. The Morgan fingerprint density at radius 1 is 1.25 bits per heavy atom. The van der Waals surface area contributed by atoms with Gasteiger partial charge in [0.1, 0.15) is 5.76 Å². The quantitative estimate of drug-likeness (QED) is 0.535. The van der Waals surface area contributed by atoms with Crippen molar-refractivity contribution < 1.29 is 10.2 Å². The first-order chi connectivity index (χ1) is 7.74. The predicted octanol–water partition coefficient (Wildman–Crippen LogP) is 2.27. The molecule has 1 aliphatic carbocycles. The minimum Gasteiger partial charge on any atom is -0.512 e. The highest BCUT2D eigenvalue weighted by atomic mass is 16.3. The molecule has 1 saturated carbocycles. The first-order valence-electron chi connectivity index (χ1n) is 5.41. The van der Waals surface area contributed by atoms with Gasteiger partial charge in [0.05, 0.1) is 12.3 Å². The van der Waals surface area contributed by atoms with Crippen LogP contribution in [0.1, 0.15) is 18.4 Å². The fourth-order valence-electron chi connectivity index (χ4n) is 1.67. The standard InChI is InChI=1S/C13H15NO2/c14-12(9-4-2-1-3-5-9)11(8-15)13(16)10-6-7-10/h1-5,10,14-16H,6-8H2/b13-11-,14-12?. The molecule has 1 aromatic carbocycles. The second kappa shape index (κ2) is 4.49. The van der Waals surface area contributed by atoms with Gasteiger partial charge in [-0.3, -0.25) is 5.41 Å². The number of hydrogen-bond donors (Lipinski definition) is 3. The van der Waals surface area contributed by atoms with Crippen LogP contribution in [0.5, 0.6) is 0 Å². The van der Waals surface area contributed by atoms with Crippen LogP contribution in [0.3, 0.4) is 0 Å². The van der Waals surface area contributed by atoms with Crippen molar-refractivity contribution in [3.05, 3.63) is 47.2 Å². The Bertz CT molecular complexity index is 419. The van der Waals surface area contributed by atoms with E-state index in [-0.39, 0.29) is 24.0 Å². The van der Waals surface area contributed by atoms with Gasteiger partial charge in [0, 0.05) is 11.5 Å². The zero-order chi connectivity index (χ0) is 11.5. The Hall–Kier alpha value is -1.61. The molecule has 0 aliphatic heterocycles.